The average molecular weight is 562 g/mol. The van der Waals surface area contributed by atoms with Crippen LogP contribution in [0.5, 0.6) is 5.75 Å². The van der Waals surface area contributed by atoms with E-state index in [1.807, 2.05) is 60.8 Å². The number of hydrogen-bond donors (Lipinski definition) is 2. The van der Waals surface area contributed by atoms with Gasteiger partial charge in [-0.25, -0.2) is 0 Å². The summed E-state index contributed by atoms with van der Waals surface area (Å²) in [5.74, 6) is 0.390. The second-order valence-corrected chi connectivity index (χ2v) is 9.65. The Morgan fingerprint density at radius 3 is 2.67 bits per heavy atom. The first-order chi connectivity index (χ1) is 17.5. The molecule has 7 nitrogen and oxygen atoms in total. The zero-order valence-corrected chi connectivity index (χ0v) is 22.1. The molecule has 1 aliphatic rings. The number of halogens is 1. The number of rotatable bonds is 6. The average Bonchev–Trinajstić information content (AvgIpc) is 3.48. The van der Waals surface area contributed by atoms with Gasteiger partial charge in [0.2, 0.25) is 5.91 Å². The van der Waals surface area contributed by atoms with Crippen molar-refractivity contribution in [3.05, 3.63) is 101 Å². The van der Waals surface area contributed by atoms with Gasteiger partial charge < -0.3 is 24.8 Å². The van der Waals surface area contributed by atoms with Gasteiger partial charge in [0.1, 0.15) is 11.8 Å². The Bertz CT molecular complexity index is 1420. The van der Waals surface area contributed by atoms with E-state index in [1.165, 1.54) is 6.92 Å². The summed E-state index contributed by atoms with van der Waals surface area (Å²) >= 11 is 9.47. The summed E-state index contributed by atoms with van der Waals surface area (Å²) in [4.78, 5) is 18.6. The van der Waals surface area contributed by atoms with Crippen molar-refractivity contribution in [2.24, 2.45) is 0 Å². The molecule has 0 radical (unpaired) electrons. The minimum atomic E-state index is -0.222. The van der Waals surface area contributed by atoms with Crippen molar-refractivity contribution in [3.8, 4) is 11.4 Å². The van der Waals surface area contributed by atoms with E-state index >= 15 is 0 Å². The number of carbonyl (C=O) groups excluding carboxylic acids is 1. The van der Waals surface area contributed by atoms with Crippen molar-refractivity contribution >= 4 is 50.5 Å². The molecule has 0 bridgehead atoms. The quantitative estimate of drug-likeness (QED) is 0.291. The van der Waals surface area contributed by atoms with Crippen LogP contribution in [0.1, 0.15) is 30.4 Å². The molecule has 5 rings (SSSR count). The van der Waals surface area contributed by atoms with Crippen LogP contribution in [0.15, 0.2) is 89.7 Å². The van der Waals surface area contributed by atoms with E-state index in [-0.39, 0.29) is 18.0 Å². The van der Waals surface area contributed by atoms with Gasteiger partial charge in [0.15, 0.2) is 5.11 Å². The smallest absolute Gasteiger partial charge is 0.221 e. The van der Waals surface area contributed by atoms with E-state index in [1.54, 1.807) is 13.3 Å². The Kier molecular flexibility index (Phi) is 6.75. The third kappa shape index (κ3) is 4.59. The zero-order valence-electron chi connectivity index (χ0n) is 19.7. The molecule has 0 unspecified atom stereocenters. The normalized spacial score (nSPS) is 17.1. The number of nitrogens with one attached hydrogen (secondary N) is 2. The van der Waals surface area contributed by atoms with Crippen LogP contribution in [0.25, 0.3) is 5.69 Å². The number of nitrogens with zero attached hydrogens (tertiary/aromatic N) is 3. The molecule has 4 aromatic rings. The Morgan fingerprint density at radius 1 is 1.08 bits per heavy atom. The topological polar surface area (TPSA) is 71.4 Å². The van der Waals surface area contributed by atoms with Crippen LogP contribution in [-0.4, -0.2) is 27.7 Å². The lowest BCUT2D eigenvalue weighted by atomic mass is 10.0. The molecular weight excluding hydrogens is 538 g/mol. The molecule has 0 spiro atoms. The molecule has 0 saturated carbocycles. The number of thiocarbonyl (C=S) groups is 1. The zero-order chi connectivity index (χ0) is 25.2. The van der Waals surface area contributed by atoms with Crippen LogP contribution >= 0.6 is 28.1 Å². The Morgan fingerprint density at radius 2 is 1.94 bits per heavy atom. The van der Waals surface area contributed by atoms with Gasteiger partial charge in [-0.05, 0) is 72.9 Å². The molecule has 1 aliphatic heterocycles. The van der Waals surface area contributed by atoms with Gasteiger partial charge in [-0.1, -0.05) is 28.1 Å². The molecule has 36 heavy (non-hydrogen) atoms. The highest BCUT2D eigenvalue weighted by atomic mass is 79.9. The molecule has 1 saturated heterocycles. The Balaban J connectivity index is 1.66. The van der Waals surface area contributed by atoms with E-state index in [4.69, 9.17) is 17.0 Å². The number of amides is 1. The van der Waals surface area contributed by atoms with Crippen molar-refractivity contribution in [1.29, 1.82) is 0 Å². The first-order valence-corrected chi connectivity index (χ1v) is 12.6. The van der Waals surface area contributed by atoms with Gasteiger partial charge in [0.25, 0.3) is 0 Å². The molecule has 2 atom stereocenters. The maximum absolute atomic E-state index is 11.9. The van der Waals surface area contributed by atoms with E-state index in [2.05, 4.69) is 59.2 Å². The largest absolute Gasteiger partial charge is 0.495 e. The Hall–Kier alpha value is -3.69. The predicted molar refractivity (Wildman–Crippen MR) is 149 cm³/mol. The number of hydrogen-bond acceptors (Lipinski definition) is 4. The molecule has 1 amide bonds. The van der Waals surface area contributed by atoms with Crippen LogP contribution in [-0.2, 0) is 4.79 Å². The van der Waals surface area contributed by atoms with Crippen LogP contribution in [0.3, 0.4) is 0 Å². The van der Waals surface area contributed by atoms with Crippen molar-refractivity contribution < 1.29 is 9.53 Å². The molecular formula is C27H24BrN5O2S. The lowest BCUT2D eigenvalue weighted by molar-refractivity contribution is -0.114. The molecule has 2 N–H and O–H groups in total. The lowest BCUT2D eigenvalue weighted by Gasteiger charge is -2.29. The molecule has 1 fully saturated rings. The first-order valence-electron chi connectivity index (χ1n) is 11.4. The highest BCUT2D eigenvalue weighted by Gasteiger charge is 2.42. The summed E-state index contributed by atoms with van der Waals surface area (Å²) in [6.07, 6.45) is 3.83. The summed E-state index contributed by atoms with van der Waals surface area (Å²) in [7, 11) is 1.58. The summed E-state index contributed by atoms with van der Waals surface area (Å²) in [5, 5.41) is 6.92. The minimum Gasteiger partial charge on any atom is -0.495 e. The molecule has 182 valence electrons. The highest BCUT2D eigenvalue weighted by molar-refractivity contribution is 9.10. The lowest BCUT2D eigenvalue weighted by Crippen LogP contribution is -2.30. The summed E-state index contributed by atoms with van der Waals surface area (Å²) in [6.45, 7) is 1.47. The number of ether oxygens (including phenoxy) is 1. The van der Waals surface area contributed by atoms with Crippen LogP contribution in [0, 0.1) is 0 Å². The molecule has 2 aromatic heterocycles. The minimum absolute atomic E-state index is 0.181. The molecule has 2 aromatic carbocycles. The first kappa shape index (κ1) is 24.0. The maximum Gasteiger partial charge on any atom is 0.221 e. The number of methoxy groups -OCH3 is 1. The molecule has 9 heteroatoms. The van der Waals surface area contributed by atoms with Crippen LogP contribution < -0.4 is 20.3 Å². The second-order valence-electron chi connectivity index (χ2n) is 8.35. The maximum atomic E-state index is 11.9. The van der Waals surface area contributed by atoms with Gasteiger partial charge in [0, 0.05) is 40.9 Å². The second kappa shape index (κ2) is 10.1. The van der Waals surface area contributed by atoms with E-state index in [0.717, 1.165) is 27.2 Å². The SMILES string of the molecule is COc1ccc(N2C(=S)N[C@@H](c3ccccn3)[C@H]2c2cccn2-c2cccc(Br)c2)cc1NC(C)=O. The van der Waals surface area contributed by atoms with Crippen molar-refractivity contribution in [3.63, 3.8) is 0 Å². The van der Waals surface area contributed by atoms with Gasteiger partial charge in [-0.2, -0.15) is 0 Å². The summed E-state index contributed by atoms with van der Waals surface area (Å²) in [6, 6.07) is 23.4. The van der Waals surface area contributed by atoms with Crippen molar-refractivity contribution in [2.45, 2.75) is 19.0 Å². The van der Waals surface area contributed by atoms with Crippen LogP contribution in [0.4, 0.5) is 11.4 Å². The third-order valence-corrected chi connectivity index (χ3v) is 6.85. The van der Waals surface area contributed by atoms with Gasteiger partial charge in [-0.15, -0.1) is 0 Å². The number of benzene rings is 2. The Labute approximate surface area is 223 Å². The fraction of sp³-hybridized carbons (Fsp3) is 0.148. The number of anilines is 2. The van der Waals surface area contributed by atoms with Gasteiger partial charge in [0.05, 0.1) is 24.5 Å². The van der Waals surface area contributed by atoms with E-state index in [0.29, 0.717) is 16.5 Å². The van der Waals surface area contributed by atoms with E-state index in [9.17, 15) is 4.79 Å². The van der Waals surface area contributed by atoms with Crippen LogP contribution in [0.2, 0.25) is 0 Å². The number of aromatic nitrogens is 2. The highest BCUT2D eigenvalue weighted by Crippen LogP contribution is 2.43. The van der Waals surface area contributed by atoms with Crippen molar-refractivity contribution in [2.75, 3.05) is 17.3 Å². The molecule has 0 aliphatic carbocycles. The number of carbonyl (C=O) groups is 1. The molecule has 3 heterocycles. The third-order valence-electron chi connectivity index (χ3n) is 6.04. The van der Waals surface area contributed by atoms with Gasteiger partial charge in [-0.3, -0.25) is 9.78 Å². The predicted octanol–water partition coefficient (Wildman–Crippen LogP) is 5.78. The van der Waals surface area contributed by atoms with Gasteiger partial charge >= 0.3 is 0 Å². The fourth-order valence-electron chi connectivity index (χ4n) is 4.56. The fourth-order valence-corrected chi connectivity index (χ4v) is 5.30. The summed E-state index contributed by atoms with van der Waals surface area (Å²) in [5.41, 5.74) is 4.34. The van der Waals surface area contributed by atoms with Crippen molar-refractivity contribution in [1.82, 2.24) is 14.9 Å². The number of pyridine rings is 1. The standard InChI is InChI=1S/C27H24BrN5O2S/c1-17(34)30-22-16-20(11-12-24(22)35-2)33-26(25(31-27(33)36)21-9-3-4-13-29-21)23-10-6-14-32(23)19-8-5-7-18(28)15-19/h3-16,25-26H,1-2H3,(H,30,34)(H,31,36)/t25-,26+/m0/s1. The summed E-state index contributed by atoms with van der Waals surface area (Å²) < 4.78 is 8.62. The monoisotopic (exact) mass is 561 g/mol. The van der Waals surface area contributed by atoms with E-state index < -0.39 is 0 Å².